The SMILES string of the molecule is Cc1cc(C(=O)N2CCCCCC2)cc(S(=O)(=O)Cl)c1F. The van der Waals surface area contributed by atoms with E-state index in [9.17, 15) is 17.6 Å². The Morgan fingerprint density at radius 2 is 1.76 bits per heavy atom. The van der Waals surface area contributed by atoms with Crippen LogP contribution >= 0.6 is 10.7 Å². The fourth-order valence-electron chi connectivity index (χ4n) is 2.49. The smallest absolute Gasteiger partial charge is 0.264 e. The molecule has 1 aliphatic rings. The summed E-state index contributed by atoms with van der Waals surface area (Å²) in [5.41, 5.74) is 0.255. The van der Waals surface area contributed by atoms with Crippen LogP contribution in [0, 0.1) is 12.7 Å². The number of aryl methyl sites for hydroxylation is 1. The van der Waals surface area contributed by atoms with Crippen LogP contribution in [0.25, 0.3) is 0 Å². The normalized spacial score (nSPS) is 16.6. The molecular formula is C14H17ClFNO3S. The van der Waals surface area contributed by atoms with Gasteiger partial charge in [-0.2, -0.15) is 0 Å². The predicted octanol–water partition coefficient (Wildman–Crippen LogP) is 3.08. The summed E-state index contributed by atoms with van der Waals surface area (Å²) in [4.78, 5) is 13.5. The molecule has 21 heavy (non-hydrogen) atoms. The number of carbonyl (C=O) groups excluding carboxylic acids is 1. The molecule has 1 fully saturated rings. The molecule has 0 N–H and O–H groups in total. The van der Waals surface area contributed by atoms with E-state index in [2.05, 4.69) is 0 Å². The number of hydrogen-bond acceptors (Lipinski definition) is 3. The zero-order valence-corrected chi connectivity index (χ0v) is 13.3. The second-order valence-corrected chi connectivity index (χ2v) is 7.78. The standard InChI is InChI=1S/C14H17ClFNO3S/c1-10-8-11(9-12(13(10)16)21(15,19)20)14(18)17-6-4-2-3-5-7-17/h8-9H,2-7H2,1H3. The summed E-state index contributed by atoms with van der Waals surface area (Å²) in [6.07, 6.45) is 4.00. The van der Waals surface area contributed by atoms with E-state index in [0.717, 1.165) is 31.7 Å². The lowest BCUT2D eigenvalue weighted by molar-refractivity contribution is 0.0761. The van der Waals surface area contributed by atoms with Gasteiger partial charge in [0.2, 0.25) is 0 Å². The zero-order valence-electron chi connectivity index (χ0n) is 11.7. The molecule has 1 aromatic rings. The lowest BCUT2D eigenvalue weighted by atomic mass is 10.1. The van der Waals surface area contributed by atoms with Crippen LogP contribution in [0.2, 0.25) is 0 Å². The fourth-order valence-corrected chi connectivity index (χ4v) is 3.47. The molecule has 0 unspecified atom stereocenters. The highest BCUT2D eigenvalue weighted by Crippen LogP contribution is 2.24. The average Bonchev–Trinajstić information content (AvgIpc) is 2.68. The molecule has 7 heteroatoms. The Bertz CT molecular complexity index is 652. The molecule has 0 aromatic heterocycles. The summed E-state index contributed by atoms with van der Waals surface area (Å²) >= 11 is 0. The highest BCUT2D eigenvalue weighted by atomic mass is 35.7. The van der Waals surface area contributed by atoms with Crippen molar-refractivity contribution in [2.45, 2.75) is 37.5 Å². The Labute approximate surface area is 128 Å². The summed E-state index contributed by atoms with van der Waals surface area (Å²) in [5.74, 6) is -1.18. The van der Waals surface area contributed by atoms with Gasteiger partial charge >= 0.3 is 0 Å². The molecular weight excluding hydrogens is 317 g/mol. The van der Waals surface area contributed by atoms with Crippen LogP contribution in [0.4, 0.5) is 4.39 Å². The van der Waals surface area contributed by atoms with E-state index >= 15 is 0 Å². The second kappa shape index (κ2) is 6.32. The predicted molar refractivity (Wildman–Crippen MR) is 78.5 cm³/mol. The maximum atomic E-state index is 13.9. The third-order valence-corrected chi connectivity index (χ3v) is 4.95. The lowest BCUT2D eigenvalue weighted by Crippen LogP contribution is -2.32. The number of amides is 1. The number of hydrogen-bond donors (Lipinski definition) is 0. The monoisotopic (exact) mass is 333 g/mol. The van der Waals surface area contributed by atoms with Gasteiger partial charge in [0.25, 0.3) is 15.0 Å². The van der Waals surface area contributed by atoms with Gasteiger partial charge < -0.3 is 4.90 Å². The summed E-state index contributed by atoms with van der Waals surface area (Å²) in [6.45, 7) is 2.69. The van der Waals surface area contributed by atoms with Gasteiger partial charge in [-0.1, -0.05) is 12.8 Å². The van der Waals surface area contributed by atoms with Crippen molar-refractivity contribution >= 4 is 25.6 Å². The van der Waals surface area contributed by atoms with Gasteiger partial charge in [-0.15, -0.1) is 0 Å². The summed E-state index contributed by atoms with van der Waals surface area (Å²) < 4.78 is 36.7. The van der Waals surface area contributed by atoms with Crippen molar-refractivity contribution in [3.8, 4) is 0 Å². The van der Waals surface area contributed by atoms with Crippen LogP contribution in [0.5, 0.6) is 0 Å². The van der Waals surface area contributed by atoms with Crippen LogP contribution in [0.1, 0.15) is 41.6 Å². The first-order valence-electron chi connectivity index (χ1n) is 6.85. The molecule has 4 nitrogen and oxygen atoms in total. The number of nitrogens with zero attached hydrogens (tertiary/aromatic N) is 1. The summed E-state index contributed by atoms with van der Waals surface area (Å²) in [5, 5.41) is 0. The van der Waals surface area contributed by atoms with Gasteiger partial charge in [-0.3, -0.25) is 4.79 Å². The van der Waals surface area contributed by atoms with E-state index in [-0.39, 0.29) is 17.0 Å². The van der Waals surface area contributed by atoms with Gasteiger partial charge in [0.15, 0.2) is 0 Å². The quantitative estimate of drug-likeness (QED) is 0.781. The van der Waals surface area contributed by atoms with E-state index in [0.29, 0.717) is 13.1 Å². The molecule has 0 atom stereocenters. The summed E-state index contributed by atoms with van der Waals surface area (Å²) in [6, 6.07) is 2.39. The van der Waals surface area contributed by atoms with E-state index in [4.69, 9.17) is 10.7 Å². The number of halogens is 2. The van der Waals surface area contributed by atoms with Gasteiger partial charge in [0.05, 0.1) is 0 Å². The first-order chi connectivity index (χ1) is 9.80. The topological polar surface area (TPSA) is 54.5 Å². The number of carbonyl (C=O) groups is 1. The first kappa shape index (κ1) is 16.2. The number of benzene rings is 1. The Balaban J connectivity index is 2.39. The molecule has 2 rings (SSSR count). The van der Waals surface area contributed by atoms with E-state index in [1.54, 1.807) is 4.90 Å². The van der Waals surface area contributed by atoms with Crippen LogP contribution in [0.15, 0.2) is 17.0 Å². The molecule has 0 bridgehead atoms. The Morgan fingerprint density at radius 3 is 2.29 bits per heavy atom. The van der Waals surface area contributed by atoms with Crippen LogP contribution in [0.3, 0.4) is 0 Å². The van der Waals surface area contributed by atoms with Crippen molar-refractivity contribution in [1.82, 2.24) is 4.90 Å². The molecule has 1 aliphatic heterocycles. The minimum absolute atomic E-state index is 0.0925. The van der Waals surface area contributed by atoms with Gasteiger partial charge in [0.1, 0.15) is 10.7 Å². The van der Waals surface area contributed by atoms with E-state index in [1.165, 1.54) is 13.0 Å². The van der Waals surface area contributed by atoms with Gasteiger partial charge in [-0.05, 0) is 37.5 Å². The fraction of sp³-hybridized carbons (Fsp3) is 0.500. The van der Waals surface area contributed by atoms with Crippen molar-refractivity contribution in [1.29, 1.82) is 0 Å². The van der Waals surface area contributed by atoms with Crippen LogP contribution in [-0.4, -0.2) is 32.3 Å². The lowest BCUT2D eigenvalue weighted by Gasteiger charge is -2.21. The largest absolute Gasteiger partial charge is 0.339 e. The highest BCUT2D eigenvalue weighted by Gasteiger charge is 2.24. The molecule has 1 saturated heterocycles. The Hall–Kier alpha value is -1.14. The molecule has 0 spiro atoms. The maximum Gasteiger partial charge on any atom is 0.264 e. The molecule has 1 aromatic carbocycles. The number of rotatable bonds is 2. The Morgan fingerprint density at radius 1 is 1.19 bits per heavy atom. The molecule has 116 valence electrons. The number of likely N-dealkylation sites (tertiary alicyclic amines) is 1. The van der Waals surface area contributed by atoms with Crippen molar-refractivity contribution in [3.05, 3.63) is 29.1 Å². The van der Waals surface area contributed by atoms with Crippen molar-refractivity contribution < 1.29 is 17.6 Å². The van der Waals surface area contributed by atoms with Gasteiger partial charge in [-0.25, -0.2) is 12.8 Å². The summed E-state index contributed by atoms with van der Waals surface area (Å²) in [7, 11) is 1.01. The van der Waals surface area contributed by atoms with Crippen LogP contribution in [-0.2, 0) is 9.05 Å². The third-order valence-electron chi connectivity index (χ3n) is 3.62. The van der Waals surface area contributed by atoms with Crippen molar-refractivity contribution in [2.24, 2.45) is 0 Å². The van der Waals surface area contributed by atoms with Crippen molar-refractivity contribution in [3.63, 3.8) is 0 Å². The highest BCUT2D eigenvalue weighted by molar-refractivity contribution is 8.13. The molecule has 0 saturated carbocycles. The minimum Gasteiger partial charge on any atom is -0.339 e. The van der Waals surface area contributed by atoms with Crippen molar-refractivity contribution in [2.75, 3.05) is 13.1 Å². The molecule has 0 radical (unpaired) electrons. The third kappa shape index (κ3) is 3.74. The van der Waals surface area contributed by atoms with Crippen LogP contribution < -0.4 is 0 Å². The maximum absolute atomic E-state index is 13.9. The van der Waals surface area contributed by atoms with E-state index in [1.807, 2.05) is 0 Å². The van der Waals surface area contributed by atoms with Gasteiger partial charge in [0, 0.05) is 29.3 Å². The minimum atomic E-state index is -4.22. The first-order valence-corrected chi connectivity index (χ1v) is 9.15. The second-order valence-electron chi connectivity index (χ2n) is 5.25. The zero-order chi connectivity index (χ0) is 15.6. The Kier molecular flexibility index (Phi) is 4.88. The molecule has 1 amide bonds. The molecule has 1 heterocycles. The average molecular weight is 334 g/mol. The van der Waals surface area contributed by atoms with E-state index < -0.39 is 19.8 Å². The molecule has 0 aliphatic carbocycles.